The SMILES string of the molecule is COCCNCC(=O)Nc1cc(Cl)ccc1OCC1CCCO1.Cl. The van der Waals surface area contributed by atoms with Crippen molar-refractivity contribution in [1.29, 1.82) is 0 Å². The van der Waals surface area contributed by atoms with Crippen LogP contribution in [0.15, 0.2) is 18.2 Å². The molecule has 1 amide bonds. The summed E-state index contributed by atoms with van der Waals surface area (Å²) >= 11 is 6.01. The molecule has 1 fully saturated rings. The van der Waals surface area contributed by atoms with E-state index in [2.05, 4.69) is 10.6 Å². The third-order valence-corrected chi connectivity index (χ3v) is 3.67. The van der Waals surface area contributed by atoms with E-state index in [0.29, 0.717) is 36.2 Å². The minimum atomic E-state index is -0.162. The Bertz CT molecular complexity index is 511. The van der Waals surface area contributed by atoms with E-state index in [1.54, 1.807) is 25.3 Å². The summed E-state index contributed by atoms with van der Waals surface area (Å²) in [4.78, 5) is 12.0. The highest BCUT2D eigenvalue weighted by atomic mass is 35.5. The average molecular weight is 379 g/mol. The fourth-order valence-electron chi connectivity index (χ4n) is 2.25. The maximum absolute atomic E-state index is 12.0. The second kappa shape index (κ2) is 11.5. The van der Waals surface area contributed by atoms with Crippen molar-refractivity contribution in [2.24, 2.45) is 0 Å². The number of methoxy groups -OCH3 is 1. The van der Waals surface area contributed by atoms with E-state index in [1.165, 1.54) is 0 Å². The summed E-state index contributed by atoms with van der Waals surface area (Å²) in [6, 6.07) is 5.17. The lowest BCUT2D eigenvalue weighted by atomic mass is 10.2. The first-order valence-electron chi connectivity index (χ1n) is 7.72. The molecule has 1 heterocycles. The zero-order valence-corrected chi connectivity index (χ0v) is 15.3. The topological polar surface area (TPSA) is 68.8 Å². The van der Waals surface area contributed by atoms with Gasteiger partial charge in [-0.3, -0.25) is 4.79 Å². The van der Waals surface area contributed by atoms with Gasteiger partial charge in [0, 0.05) is 25.3 Å². The molecule has 1 aliphatic rings. The summed E-state index contributed by atoms with van der Waals surface area (Å²) < 4.78 is 16.2. The van der Waals surface area contributed by atoms with E-state index in [4.69, 9.17) is 25.8 Å². The van der Waals surface area contributed by atoms with Gasteiger partial charge < -0.3 is 24.8 Å². The Kier molecular flexibility index (Phi) is 10.1. The van der Waals surface area contributed by atoms with Crippen LogP contribution in [0.2, 0.25) is 5.02 Å². The smallest absolute Gasteiger partial charge is 0.238 e. The van der Waals surface area contributed by atoms with E-state index in [-0.39, 0.29) is 31.0 Å². The van der Waals surface area contributed by atoms with E-state index in [1.807, 2.05) is 0 Å². The molecule has 0 bridgehead atoms. The maximum atomic E-state index is 12.0. The third kappa shape index (κ3) is 7.23. The lowest BCUT2D eigenvalue weighted by molar-refractivity contribution is -0.115. The molecule has 0 aliphatic carbocycles. The van der Waals surface area contributed by atoms with Gasteiger partial charge in [-0.15, -0.1) is 12.4 Å². The van der Waals surface area contributed by atoms with E-state index < -0.39 is 0 Å². The number of rotatable bonds is 9. The standard InChI is InChI=1S/C16H23ClN2O4.ClH/c1-21-8-6-18-10-16(20)19-14-9-12(17)4-5-15(14)23-11-13-3-2-7-22-13;/h4-5,9,13,18H,2-3,6-8,10-11H2,1H3,(H,19,20);1H. The summed E-state index contributed by atoms with van der Waals surface area (Å²) in [7, 11) is 1.62. The molecule has 0 saturated carbocycles. The van der Waals surface area contributed by atoms with E-state index >= 15 is 0 Å². The zero-order chi connectivity index (χ0) is 16.5. The fraction of sp³-hybridized carbons (Fsp3) is 0.562. The Hall–Kier alpha value is -1.05. The highest BCUT2D eigenvalue weighted by Crippen LogP contribution is 2.28. The molecule has 8 heteroatoms. The lowest BCUT2D eigenvalue weighted by Crippen LogP contribution is -2.30. The number of hydrogen-bond donors (Lipinski definition) is 2. The zero-order valence-electron chi connectivity index (χ0n) is 13.7. The summed E-state index contributed by atoms with van der Waals surface area (Å²) in [5, 5.41) is 6.34. The van der Waals surface area contributed by atoms with Crippen LogP contribution >= 0.6 is 24.0 Å². The molecule has 24 heavy (non-hydrogen) atoms. The lowest BCUT2D eigenvalue weighted by Gasteiger charge is -2.15. The molecule has 0 radical (unpaired) electrons. The summed E-state index contributed by atoms with van der Waals surface area (Å²) in [6.45, 7) is 2.62. The third-order valence-electron chi connectivity index (χ3n) is 3.43. The van der Waals surface area contributed by atoms with Gasteiger partial charge in [0.1, 0.15) is 12.4 Å². The van der Waals surface area contributed by atoms with Crippen LogP contribution in [0.3, 0.4) is 0 Å². The van der Waals surface area contributed by atoms with Gasteiger partial charge in [-0.25, -0.2) is 0 Å². The largest absolute Gasteiger partial charge is 0.489 e. The molecular formula is C16H24Cl2N2O4. The predicted octanol–water partition coefficient (Wildman–Crippen LogP) is 2.49. The van der Waals surface area contributed by atoms with Crippen LogP contribution in [-0.2, 0) is 14.3 Å². The van der Waals surface area contributed by atoms with Gasteiger partial charge in [-0.2, -0.15) is 0 Å². The number of nitrogens with one attached hydrogen (secondary N) is 2. The van der Waals surface area contributed by atoms with E-state index in [9.17, 15) is 4.79 Å². The highest BCUT2D eigenvalue weighted by Gasteiger charge is 2.17. The molecule has 0 spiro atoms. The number of halogens is 2. The van der Waals surface area contributed by atoms with Crippen molar-refractivity contribution in [2.45, 2.75) is 18.9 Å². The molecule has 0 aromatic heterocycles. The second-order valence-corrected chi connectivity index (χ2v) is 5.74. The molecule has 1 saturated heterocycles. The Morgan fingerprint density at radius 1 is 1.46 bits per heavy atom. The van der Waals surface area contributed by atoms with E-state index in [0.717, 1.165) is 19.4 Å². The number of benzene rings is 1. The molecule has 2 rings (SSSR count). The van der Waals surface area contributed by atoms with Gasteiger partial charge in [0.05, 0.1) is 24.9 Å². The van der Waals surface area contributed by atoms with Crippen LogP contribution < -0.4 is 15.4 Å². The van der Waals surface area contributed by atoms with Crippen LogP contribution in [0, 0.1) is 0 Å². The Morgan fingerprint density at radius 2 is 2.29 bits per heavy atom. The van der Waals surface area contributed by atoms with Crippen LogP contribution in [0.5, 0.6) is 5.75 Å². The molecule has 136 valence electrons. The van der Waals surface area contributed by atoms with Crippen LogP contribution in [0.1, 0.15) is 12.8 Å². The highest BCUT2D eigenvalue weighted by molar-refractivity contribution is 6.31. The van der Waals surface area contributed by atoms with Gasteiger partial charge in [0.25, 0.3) is 0 Å². The summed E-state index contributed by atoms with van der Waals surface area (Å²) in [6.07, 6.45) is 2.18. The van der Waals surface area contributed by atoms with Gasteiger partial charge in [-0.05, 0) is 31.0 Å². The van der Waals surface area contributed by atoms with Crippen molar-refractivity contribution >= 4 is 35.6 Å². The number of carbonyl (C=O) groups excluding carboxylic acids is 1. The van der Waals surface area contributed by atoms with Crippen molar-refractivity contribution in [1.82, 2.24) is 5.32 Å². The fourth-order valence-corrected chi connectivity index (χ4v) is 2.43. The van der Waals surface area contributed by atoms with Crippen LogP contribution in [0.25, 0.3) is 0 Å². The van der Waals surface area contributed by atoms with Gasteiger partial charge in [0.15, 0.2) is 0 Å². The number of anilines is 1. The van der Waals surface area contributed by atoms with Crippen molar-refractivity contribution in [3.8, 4) is 5.75 Å². The molecule has 1 atom stereocenters. The molecule has 1 aromatic rings. The molecule has 1 aliphatic heterocycles. The van der Waals surface area contributed by atoms with Crippen molar-refractivity contribution in [3.63, 3.8) is 0 Å². The first kappa shape index (κ1) is 21.0. The number of carbonyl (C=O) groups is 1. The predicted molar refractivity (Wildman–Crippen MR) is 96.5 cm³/mol. The van der Waals surface area contributed by atoms with Crippen LogP contribution in [0.4, 0.5) is 5.69 Å². The van der Waals surface area contributed by atoms with Crippen LogP contribution in [-0.4, -0.2) is 52.0 Å². The molecule has 2 N–H and O–H groups in total. The van der Waals surface area contributed by atoms with Gasteiger partial charge in [-0.1, -0.05) is 11.6 Å². The minimum Gasteiger partial charge on any atom is -0.489 e. The summed E-state index contributed by atoms with van der Waals surface area (Å²) in [5.74, 6) is 0.431. The molecule has 1 aromatic carbocycles. The van der Waals surface area contributed by atoms with Crippen molar-refractivity contribution in [2.75, 3.05) is 45.3 Å². The van der Waals surface area contributed by atoms with Crippen molar-refractivity contribution in [3.05, 3.63) is 23.2 Å². The average Bonchev–Trinajstić information content (AvgIpc) is 3.04. The first-order valence-corrected chi connectivity index (χ1v) is 8.10. The van der Waals surface area contributed by atoms with Gasteiger partial charge >= 0.3 is 0 Å². The monoisotopic (exact) mass is 378 g/mol. The summed E-state index contributed by atoms with van der Waals surface area (Å²) in [5.41, 5.74) is 0.564. The second-order valence-electron chi connectivity index (χ2n) is 5.30. The Morgan fingerprint density at radius 3 is 3.00 bits per heavy atom. The van der Waals surface area contributed by atoms with Gasteiger partial charge in [0.2, 0.25) is 5.91 Å². The Balaban J connectivity index is 0.00000288. The van der Waals surface area contributed by atoms with Crippen molar-refractivity contribution < 1.29 is 19.0 Å². The maximum Gasteiger partial charge on any atom is 0.238 e. The number of amides is 1. The number of hydrogen-bond acceptors (Lipinski definition) is 5. The first-order chi connectivity index (χ1) is 11.2. The Labute approximate surface area is 153 Å². The number of ether oxygens (including phenoxy) is 3. The molecule has 1 unspecified atom stereocenters. The normalized spacial score (nSPS) is 16.5. The molecule has 6 nitrogen and oxygen atoms in total. The quantitative estimate of drug-likeness (QED) is 0.646. The molecular weight excluding hydrogens is 355 g/mol. The minimum absolute atomic E-state index is 0.